The normalized spacial score (nSPS) is 18.6. The first-order valence-electron chi connectivity index (χ1n) is 4.91. The molecular formula is C11H12N2S. The van der Waals surface area contributed by atoms with Crippen molar-refractivity contribution in [2.45, 2.75) is 25.3 Å². The van der Waals surface area contributed by atoms with E-state index in [-0.39, 0.29) is 5.54 Å². The van der Waals surface area contributed by atoms with Crippen molar-refractivity contribution in [1.29, 1.82) is 0 Å². The molecule has 3 heteroatoms. The highest BCUT2D eigenvalue weighted by molar-refractivity contribution is 7.71. The van der Waals surface area contributed by atoms with Crippen molar-refractivity contribution in [3.8, 4) is 0 Å². The number of benzene rings is 1. The van der Waals surface area contributed by atoms with Crippen molar-refractivity contribution in [3.63, 3.8) is 0 Å². The van der Waals surface area contributed by atoms with Crippen molar-refractivity contribution >= 4 is 23.3 Å². The third-order valence-electron chi connectivity index (χ3n) is 3.10. The lowest BCUT2D eigenvalue weighted by atomic mass is 10.2. The van der Waals surface area contributed by atoms with Crippen molar-refractivity contribution in [3.05, 3.63) is 29.0 Å². The van der Waals surface area contributed by atoms with Crippen LogP contribution >= 0.6 is 12.2 Å². The van der Waals surface area contributed by atoms with E-state index in [4.69, 9.17) is 12.2 Å². The minimum atomic E-state index is 0.274. The maximum Gasteiger partial charge on any atom is 0.178 e. The predicted octanol–water partition coefficient (Wildman–Crippen LogP) is 3.21. The summed E-state index contributed by atoms with van der Waals surface area (Å²) in [5, 5.41) is 0. The van der Waals surface area contributed by atoms with Crippen LogP contribution < -0.4 is 0 Å². The van der Waals surface area contributed by atoms with Gasteiger partial charge in [0.2, 0.25) is 0 Å². The monoisotopic (exact) mass is 204 g/mol. The Morgan fingerprint density at radius 3 is 2.79 bits per heavy atom. The maximum absolute atomic E-state index is 5.35. The van der Waals surface area contributed by atoms with Crippen LogP contribution in [0, 0.1) is 4.77 Å². The molecule has 0 atom stereocenters. The van der Waals surface area contributed by atoms with E-state index >= 15 is 0 Å². The second-order valence-corrected chi connectivity index (χ2v) is 4.67. The first-order chi connectivity index (χ1) is 6.71. The van der Waals surface area contributed by atoms with E-state index in [1.165, 1.54) is 18.4 Å². The zero-order valence-corrected chi connectivity index (χ0v) is 8.90. The van der Waals surface area contributed by atoms with E-state index in [2.05, 4.69) is 34.7 Å². The van der Waals surface area contributed by atoms with Gasteiger partial charge in [0.15, 0.2) is 4.77 Å². The molecule has 72 valence electrons. The van der Waals surface area contributed by atoms with E-state index in [0.29, 0.717) is 0 Å². The molecule has 1 fully saturated rings. The minimum Gasteiger partial charge on any atom is -0.331 e. The van der Waals surface area contributed by atoms with E-state index in [0.717, 1.165) is 10.3 Å². The molecule has 1 heterocycles. The number of rotatable bonds is 1. The lowest BCUT2D eigenvalue weighted by Crippen LogP contribution is -2.11. The first-order valence-corrected chi connectivity index (χ1v) is 5.32. The van der Waals surface area contributed by atoms with Crippen LogP contribution in [0.3, 0.4) is 0 Å². The lowest BCUT2D eigenvalue weighted by molar-refractivity contribution is 0.541. The molecule has 3 rings (SSSR count). The summed E-state index contributed by atoms with van der Waals surface area (Å²) in [4.78, 5) is 3.25. The number of hydrogen-bond donors (Lipinski definition) is 1. The van der Waals surface area contributed by atoms with Crippen molar-refractivity contribution in [2.75, 3.05) is 0 Å². The molecule has 1 aromatic heterocycles. The van der Waals surface area contributed by atoms with Crippen molar-refractivity contribution in [2.24, 2.45) is 0 Å². The van der Waals surface area contributed by atoms with Crippen molar-refractivity contribution < 1.29 is 0 Å². The summed E-state index contributed by atoms with van der Waals surface area (Å²) in [6.45, 7) is 2.27. The molecule has 0 aliphatic heterocycles. The van der Waals surface area contributed by atoms with Gasteiger partial charge in [0.05, 0.1) is 11.0 Å². The zero-order chi connectivity index (χ0) is 9.76. The fourth-order valence-corrected chi connectivity index (χ4v) is 2.42. The number of nitrogens with zero attached hydrogens (tertiary/aromatic N) is 1. The molecule has 1 N–H and O–H groups in total. The van der Waals surface area contributed by atoms with Crippen LogP contribution in [0.1, 0.15) is 19.8 Å². The van der Waals surface area contributed by atoms with Gasteiger partial charge in [0.25, 0.3) is 0 Å². The fraction of sp³-hybridized carbons (Fsp3) is 0.364. The number of fused-ring (bicyclic) bond motifs is 1. The molecule has 1 saturated carbocycles. The van der Waals surface area contributed by atoms with Gasteiger partial charge in [-0.25, -0.2) is 0 Å². The third-order valence-corrected chi connectivity index (χ3v) is 3.39. The highest BCUT2D eigenvalue weighted by Crippen LogP contribution is 2.44. The van der Waals surface area contributed by atoms with E-state index in [1.54, 1.807) is 0 Å². The highest BCUT2D eigenvalue weighted by atomic mass is 32.1. The van der Waals surface area contributed by atoms with Crippen LogP contribution in [0.2, 0.25) is 0 Å². The maximum atomic E-state index is 5.35. The molecule has 0 radical (unpaired) electrons. The van der Waals surface area contributed by atoms with E-state index in [1.807, 2.05) is 6.07 Å². The summed E-state index contributed by atoms with van der Waals surface area (Å²) in [5.74, 6) is 0. The van der Waals surface area contributed by atoms with Gasteiger partial charge < -0.3 is 9.55 Å². The molecule has 2 nitrogen and oxygen atoms in total. The second kappa shape index (κ2) is 2.48. The van der Waals surface area contributed by atoms with Crippen LogP contribution in [-0.2, 0) is 5.54 Å². The Kier molecular flexibility index (Phi) is 1.46. The Morgan fingerprint density at radius 1 is 1.36 bits per heavy atom. The molecule has 0 unspecified atom stereocenters. The minimum absolute atomic E-state index is 0.274. The standard InChI is InChI=1S/C11H12N2S/c1-11(6-7-11)13-9-5-3-2-4-8(9)12-10(13)14/h2-5H,6-7H2,1H3,(H,12,14). The van der Waals surface area contributed by atoms with Gasteiger partial charge in [-0.1, -0.05) is 12.1 Å². The highest BCUT2D eigenvalue weighted by Gasteiger charge is 2.40. The third kappa shape index (κ3) is 0.989. The number of hydrogen-bond acceptors (Lipinski definition) is 1. The van der Waals surface area contributed by atoms with Crippen LogP contribution in [-0.4, -0.2) is 9.55 Å². The number of imidazole rings is 1. The Labute approximate surface area is 87.6 Å². The summed E-state index contributed by atoms with van der Waals surface area (Å²) in [6, 6.07) is 8.30. The number of nitrogens with one attached hydrogen (secondary N) is 1. The number of aromatic nitrogens is 2. The summed E-state index contributed by atoms with van der Waals surface area (Å²) in [5.41, 5.74) is 2.65. The fourth-order valence-electron chi connectivity index (χ4n) is 2.00. The van der Waals surface area contributed by atoms with Gasteiger partial charge >= 0.3 is 0 Å². The number of H-pyrrole nitrogens is 1. The molecule has 1 aromatic carbocycles. The molecule has 14 heavy (non-hydrogen) atoms. The SMILES string of the molecule is CC1(n2c(=S)[nH]c3ccccc32)CC1. The average Bonchev–Trinajstić information content (AvgIpc) is 2.79. The van der Waals surface area contributed by atoms with Gasteiger partial charge in [-0.3, -0.25) is 0 Å². The van der Waals surface area contributed by atoms with Gasteiger partial charge in [-0.15, -0.1) is 0 Å². The molecule has 1 aliphatic rings. The first kappa shape index (κ1) is 8.24. The molecule has 0 saturated heterocycles. The number of para-hydroxylation sites is 2. The number of aromatic amines is 1. The largest absolute Gasteiger partial charge is 0.331 e. The topological polar surface area (TPSA) is 20.7 Å². The van der Waals surface area contributed by atoms with Crippen molar-refractivity contribution in [1.82, 2.24) is 9.55 Å². The van der Waals surface area contributed by atoms with Crippen LogP contribution in [0.5, 0.6) is 0 Å². The van der Waals surface area contributed by atoms with Gasteiger partial charge in [-0.05, 0) is 44.1 Å². The Balaban J connectivity index is 2.42. The zero-order valence-electron chi connectivity index (χ0n) is 8.08. The molecule has 0 amide bonds. The summed E-state index contributed by atoms with van der Waals surface area (Å²) in [7, 11) is 0. The quantitative estimate of drug-likeness (QED) is 0.707. The molecule has 2 aromatic rings. The van der Waals surface area contributed by atoms with Gasteiger partial charge in [-0.2, -0.15) is 0 Å². The van der Waals surface area contributed by atoms with E-state index in [9.17, 15) is 0 Å². The Bertz CT molecular complexity index is 546. The Hall–Kier alpha value is -1.09. The van der Waals surface area contributed by atoms with Gasteiger partial charge in [0.1, 0.15) is 0 Å². The summed E-state index contributed by atoms with van der Waals surface area (Å²) in [6.07, 6.45) is 2.48. The van der Waals surface area contributed by atoms with Crippen LogP contribution in [0.15, 0.2) is 24.3 Å². The molecule has 0 spiro atoms. The summed E-state index contributed by atoms with van der Waals surface area (Å²) >= 11 is 5.35. The molecule has 0 bridgehead atoms. The second-order valence-electron chi connectivity index (χ2n) is 4.28. The average molecular weight is 204 g/mol. The van der Waals surface area contributed by atoms with Crippen LogP contribution in [0.25, 0.3) is 11.0 Å². The lowest BCUT2D eigenvalue weighted by Gasteiger charge is -2.11. The Morgan fingerprint density at radius 2 is 2.07 bits per heavy atom. The predicted molar refractivity (Wildman–Crippen MR) is 60.0 cm³/mol. The van der Waals surface area contributed by atoms with E-state index < -0.39 is 0 Å². The molecular weight excluding hydrogens is 192 g/mol. The summed E-state index contributed by atoms with van der Waals surface area (Å²) < 4.78 is 3.11. The smallest absolute Gasteiger partial charge is 0.178 e. The molecule has 1 aliphatic carbocycles. The van der Waals surface area contributed by atoms with Gasteiger partial charge in [0, 0.05) is 5.54 Å². The van der Waals surface area contributed by atoms with Crippen LogP contribution in [0.4, 0.5) is 0 Å².